The van der Waals surface area contributed by atoms with Gasteiger partial charge in [0.05, 0.1) is 5.02 Å². The van der Waals surface area contributed by atoms with Crippen molar-refractivity contribution in [2.75, 3.05) is 0 Å². The molecule has 9 heteroatoms. The number of amides is 1. The molecule has 0 spiro atoms. The van der Waals surface area contributed by atoms with Gasteiger partial charge in [-0.3, -0.25) is 9.59 Å². The van der Waals surface area contributed by atoms with Crippen molar-refractivity contribution in [3.63, 3.8) is 0 Å². The van der Waals surface area contributed by atoms with E-state index in [9.17, 15) is 27.2 Å². The van der Waals surface area contributed by atoms with Crippen molar-refractivity contribution in [3.8, 4) is 0 Å². The Hall–Kier alpha value is -2.35. The lowest BCUT2D eigenvalue weighted by Gasteiger charge is -2.08. The molecule has 122 valence electrons. The topological polar surface area (TPSA) is 62.0 Å². The summed E-state index contributed by atoms with van der Waals surface area (Å²) < 4.78 is 50.3. The molecule has 0 bridgehead atoms. The van der Waals surface area contributed by atoms with Gasteiger partial charge in [-0.15, -0.1) is 0 Å². The van der Waals surface area contributed by atoms with Crippen LogP contribution >= 0.6 is 11.6 Å². The highest BCUT2D eigenvalue weighted by Crippen LogP contribution is 2.26. The van der Waals surface area contributed by atoms with Crippen LogP contribution in [0.15, 0.2) is 35.1 Å². The zero-order valence-electron chi connectivity index (χ0n) is 11.3. The number of halogens is 5. The van der Waals surface area contributed by atoms with Gasteiger partial charge in [0.2, 0.25) is 0 Å². The number of hydrogen-bond acceptors (Lipinski definition) is 2. The zero-order valence-corrected chi connectivity index (χ0v) is 12.1. The van der Waals surface area contributed by atoms with Gasteiger partial charge in [0.25, 0.3) is 11.5 Å². The Morgan fingerprint density at radius 2 is 1.91 bits per heavy atom. The number of pyridine rings is 1. The van der Waals surface area contributed by atoms with Crippen LogP contribution < -0.4 is 10.9 Å². The first kappa shape index (κ1) is 17.0. The molecule has 2 N–H and O–H groups in total. The van der Waals surface area contributed by atoms with Gasteiger partial charge < -0.3 is 10.3 Å². The van der Waals surface area contributed by atoms with E-state index in [1.807, 2.05) is 0 Å². The van der Waals surface area contributed by atoms with Crippen molar-refractivity contribution in [2.45, 2.75) is 12.7 Å². The molecule has 1 heterocycles. The summed E-state index contributed by atoms with van der Waals surface area (Å²) in [5, 5.41) is 2.20. The highest BCUT2D eigenvalue weighted by atomic mass is 35.5. The Labute approximate surface area is 132 Å². The van der Waals surface area contributed by atoms with E-state index in [0.29, 0.717) is 11.6 Å². The van der Waals surface area contributed by atoms with Crippen molar-refractivity contribution in [3.05, 3.63) is 68.3 Å². The molecule has 2 rings (SSSR count). The second-order valence-electron chi connectivity index (χ2n) is 4.54. The first-order valence-corrected chi connectivity index (χ1v) is 6.59. The number of rotatable bonds is 3. The minimum Gasteiger partial charge on any atom is -0.348 e. The molecule has 0 atom stereocenters. The van der Waals surface area contributed by atoms with E-state index in [2.05, 4.69) is 5.32 Å². The number of benzene rings is 1. The summed E-state index contributed by atoms with van der Waals surface area (Å²) in [7, 11) is 0. The van der Waals surface area contributed by atoms with Crippen molar-refractivity contribution in [2.24, 2.45) is 0 Å². The second kappa shape index (κ2) is 6.41. The van der Waals surface area contributed by atoms with E-state index in [0.717, 1.165) is 12.1 Å². The molecular formula is C14H9ClF4N2O2. The molecule has 0 radical (unpaired) electrons. The Morgan fingerprint density at radius 1 is 1.22 bits per heavy atom. The van der Waals surface area contributed by atoms with Gasteiger partial charge in [-0.25, -0.2) is 4.39 Å². The monoisotopic (exact) mass is 348 g/mol. The summed E-state index contributed by atoms with van der Waals surface area (Å²) in [6.07, 6.45) is -4.71. The lowest BCUT2D eigenvalue weighted by molar-refractivity contribution is -0.141. The highest BCUT2D eigenvalue weighted by Gasteiger charge is 2.32. The average molecular weight is 349 g/mol. The third-order valence-electron chi connectivity index (χ3n) is 2.90. The molecule has 0 aliphatic rings. The third-order valence-corrected chi connectivity index (χ3v) is 3.19. The van der Waals surface area contributed by atoms with E-state index in [-0.39, 0.29) is 11.6 Å². The SMILES string of the molecule is O=C(NCc1ccc(F)c(Cl)c1)c1ccc(C(F)(F)F)[nH]c1=O. The summed E-state index contributed by atoms with van der Waals surface area (Å²) in [5.41, 5.74) is -2.40. The summed E-state index contributed by atoms with van der Waals surface area (Å²) >= 11 is 5.58. The Kier molecular flexibility index (Phi) is 4.74. The standard InChI is InChI=1S/C14H9ClF4N2O2/c15-9-5-7(1-3-10(9)16)6-20-12(22)8-2-4-11(14(17,18)19)21-13(8)23/h1-5H,6H2,(H,20,22)(H,21,23). The maximum atomic E-state index is 13.0. The highest BCUT2D eigenvalue weighted by molar-refractivity contribution is 6.30. The van der Waals surface area contributed by atoms with Crippen molar-refractivity contribution in [1.29, 1.82) is 0 Å². The predicted octanol–water partition coefficient (Wildman–Crippen LogP) is 3.12. The molecule has 0 aliphatic heterocycles. The lowest BCUT2D eigenvalue weighted by atomic mass is 10.2. The third kappa shape index (κ3) is 4.10. The fourth-order valence-electron chi connectivity index (χ4n) is 1.74. The molecule has 0 saturated carbocycles. The Balaban J connectivity index is 2.12. The van der Waals surface area contributed by atoms with Crippen LogP contribution in [0.25, 0.3) is 0 Å². The smallest absolute Gasteiger partial charge is 0.348 e. The van der Waals surface area contributed by atoms with Crippen LogP contribution in [-0.2, 0) is 12.7 Å². The van der Waals surface area contributed by atoms with Crippen molar-refractivity contribution >= 4 is 17.5 Å². The largest absolute Gasteiger partial charge is 0.431 e. The van der Waals surface area contributed by atoms with Crippen LogP contribution in [0.4, 0.5) is 17.6 Å². The number of H-pyrrole nitrogens is 1. The Morgan fingerprint density at radius 3 is 2.48 bits per heavy atom. The first-order chi connectivity index (χ1) is 10.7. The molecular weight excluding hydrogens is 340 g/mol. The zero-order chi connectivity index (χ0) is 17.2. The minimum atomic E-state index is -4.71. The van der Waals surface area contributed by atoms with E-state index in [1.165, 1.54) is 12.1 Å². The number of nitrogens with one attached hydrogen (secondary N) is 2. The Bertz CT molecular complexity index is 802. The summed E-state index contributed by atoms with van der Waals surface area (Å²) in [4.78, 5) is 25.0. The fraction of sp³-hybridized carbons (Fsp3) is 0.143. The minimum absolute atomic E-state index is 0.0701. The van der Waals surface area contributed by atoms with Crippen LogP contribution in [0.5, 0.6) is 0 Å². The molecule has 1 aromatic heterocycles. The first-order valence-electron chi connectivity index (χ1n) is 6.21. The molecule has 2 aromatic rings. The van der Waals surface area contributed by atoms with Crippen LogP contribution in [0, 0.1) is 5.82 Å². The van der Waals surface area contributed by atoms with Gasteiger partial charge in [-0.2, -0.15) is 13.2 Å². The van der Waals surface area contributed by atoms with E-state index < -0.39 is 34.7 Å². The summed E-state index contributed by atoms with van der Waals surface area (Å²) in [6.45, 7) is -0.0701. The molecule has 0 aliphatic carbocycles. The number of carbonyl (C=O) groups is 1. The molecule has 1 aromatic carbocycles. The molecule has 0 fully saturated rings. The number of hydrogen-bond donors (Lipinski definition) is 2. The fourth-order valence-corrected chi connectivity index (χ4v) is 1.95. The molecule has 0 unspecified atom stereocenters. The maximum absolute atomic E-state index is 13.0. The van der Waals surface area contributed by atoms with Crippen molar-refractivity contribution < 1.29 is 22.4 Å². The molecule has 23 heavy (non-hydrogen) atoms. The number of aromatic nitrogens is 1. The van der Waals surface area contributed by atoms with E-state index in [4.69, 9.17) is 11.6 Å². The normalized spacial score (nSPS) is 11.3. The van der Waals surface area contributed by atoms with Gasteiger partial charge in [0.1, 0.15) is 17.1 Å². The van der Waals surface area contributed by atoms with Crippen LogP contribution in [0.1, 0.15) is 21.6 Å². The second-order valence-corrected chi connectivity index (χ2v) is 4.95. The predicted molar refractivity (Wildman–Crippen MR) is 74.6 cm³/mol. The lowest BCUT2D eigenvalue weighted by Crippen LogP contribution is -2.30. The van der Waals surface area contributed by atoms with Crippen molar-refractivity contribution in [1.82, 2.24) is 10.3 Å². The average Bonchev–Trinajstić information content (AvgIpc) is 2.47. The molecule has 4 nitrogen and oxygen atoms in total. The van der Waals surface area contributed by atoms with Crippen LogP contribution in [0.3, 0.4) is 0 Å². The van der Waals surface area contributed by atoms with E-state index in [1.54, 1.807) is 4.98 Å². The van der Waals surface area contributed by atoms with E-state index >= 15 is 0 Å². The number of aromatic amines is 1. The number of carbonyl (C=O) groups excluding carboxylic acids is 1. The summed E-state index contributed by atoms with van der Waals surface area (Å²) in [5.74, 6) is -1.48. The van der Waals surface area contributed by atoms with Crippen LogP contribution in [0.2, 0.25) is 5.02 Å². The van der Waals surface area contributed by atoms with Gasteiger partial charge in [0, 0.05) is 6.54 Å². The molecule has 1 amide bonds. The molecule has 0 saturated heterocycles. The quantitative estimate of drug-likeness (QED) is 0.837. The van der Waals surface area contributed by atoms with Gasteiger partial charge >= 0.3 is 6.18 Å². The maximum Gasteiger partial charge on any atom is 0.431 e. The summed E-state index contributed by atoms with van der Waals surface area (Å²) in [6, 6.07) is 5.15. The van der Waals surface area contributed by atoms with Gasteiger partial charge in [0.15, 0.2) is 0 Å². The number of alkyl halides is 3. The van der Waals surface area contributed by atoms with Crippen LogP contribution in [-0.4, -0.2) is 10.9 Å². The van der Waals surface area contributed by atoms with Gasteiger partial charge in [-0.1, -0.05) is 17.7 Å². The van der Waals surface area contributed by atoms with Gasteiger partial charge in [-0.05, 0) is 29.8 Å².